The molecule has 0 fully saturated rings. The summed E-state index contributed by atoms with van der Waals surface area (Å²) in [5.41, 5.74) is 6.06. The molecule has 0 bridgehead atoms. The van der Waals surface area contributed by atoms with Gasteiger partial charge in [-0.1, -0.05) is 30.3 Å². The van der Waals surface area contributed by atoms with E-state index in [4.69, 9.17) is 0 Å². The minimum Gasteiger partial charge on any atom is -0.378 e. The number of anilines is 3. The molecule has 3 N–H and O–H groups in total. The summed E-state index contributed by atoms with van der Waals surface area (Å²) in [5.74, 6) is 0.332. The third-order valence-corrected chi connectivity index (χ3v) is 5.84. The Balaban J connectivity index is 1.29. The molecule has 5 rings (SSSR count). The van der Waals surface area contributed by atoms with Crippen LogP contribution in [0.1, 0.15) is 20.7 Å². The van der Waals surface area contributed by atoms with Crippen molar-refractivity contribution < 1.29 is 9.59 Å². The third kappa shape index (κ3) is 4.95. The molecule has 0 radical (unpaired) electrons. The van der Waals surface area contributed by atoms with Gasteiger partial charge in [0.2, 0.25) is 0 Å². The number of carbonyl (C=O) groups is 2. The van der Waals surface area contributed by atoms with Gasteiger partial charge in [0, 0.05) is 47.8 Å². The Hall–Kier alpha value is -4.91. The zero-order chi connectivity index (χ0) is 25.1. The van der Waals surface area contributed by atoms with Gasteiger partial charge in [0.25, 0.3) is 11.8 Å². The predicted octanol–water partition coefficient (Wildman–Crippen LogP) is 5.80. The first-order valence-electron chi connectivity index (χ1n) is 11.5. The molecule has 0 saturated heterocycles. The highest BCUT2D eigenvalue weighted by atomic mass is 16.2. The van der Waals surface area contributed by atoms with E-state index in [1.165, 1.54) is 0 Å². The molecule has 0 unspecified atom stereocenters. The molecule has 36 heavy (non-hydrogen) atoms. The van der Waals surface area contributed by atoms with E-state index in [1.807, 2.05) is 91.8 Å². The maximum Gasteiger partial charge on any atom is 0.255 e. The molecule has 0 aliphatic rings. The number of nitrogens with one attached hydrogen (secondary N) is 3. The topological polar surface area (TPSA) is 90.1 Å². The minimum atomic E-state index is -0.178. The van der Waals surface area contributed by atoms with Crippen LogP contribution in [-0.4, -0.2) is 35.9 Å². The van der Waals surface area contributed by atoms with Crippen LogP contribution in [0.2, 0.25) is 0 Å². The van der Waals surface area contributed by atoms with Gasteiger partial charge in [0.05, 0.1) is 11.0 Å². The second kappa shape index (κ2) is 9.76. The number of fused-ring (bicyclic) bond motifs is 1. The van der Waals surface area contributed by atoms with E-state index in [0.717, 1.165) is 28.0 Å². The lowest BCUT2D eigenvalue weighted by atomic mass is 10.1. The highest BCUT2D eigenvalue weighted by Crippen LogP contribution is 2.24. The van der Waals surface area contributed by atoms with E-state index in [2.05, 4.69) is 20.6 Å². The Kier molecular flexibility index (Phi) is 6.19. The van der Waals surface area contributed by atoms with Gasteiger partial charge < -0.3 is 20.5 Å². The van der Waals surface area contributed by atoms with Gasteiger partial charge in [-0.25, -0.2) is 4.98 Å². The zero-order valence-electron chi connectivity index (χ0n) is 19.9. The van der Waals surface area contributed by atoms with E-state index in [1.54, 1.807) is 24.3 Å². The maximum absolute atomic E-state index is 12.7. The van der Waals surface area contributed by atoms with Crippen molar-refractivity contribution in [3.8, 4) is 11.4 Å². The number of imidazole rings is 1. The van der Waals surface area contributed by atoms with Crippen LogP contribution in [0.15, 0.2) is 97.1 Å². The Morgan fingerprint density at radius 1 is 0.722 bits per heavy atom. The number of aromatic nitrogens is 2. The van der Waals surface area contributed by atoms with Crippen molar-refractivity contribution in [2.75, 3.05) is 29.6 Å². The van der Waals surface area contributed by atoms with Crippen LogP contribution in [0, 0.1) is 0 Å². The fourth-order valence-corrected chi connectivity index (χ4v) is 3.84. The summed E-state index contributed by atoms with van der Waals surface area (Å²) in [5, 5.41) is 5.83. The lowest BCUT2D eigenvalue weighted by Gasteiger charge is -2.13. The lowest BCUT2D eigenvalue weighted by molar-refractivity contribution is 0.101. The van der Waals surface area contributed by atoms with Crippen molar-refractivity contribution in [1.82, 2.24) is 9.97 Å². The van der Waals surface area contributed by atoms with Gasteiger partial charge in [-0.3, -0.25) is 9.59 Å². The fraction of sp³-hybridized carbons (Fsp3) is 0.0690. The molecule has 7 heteroatoms. The zero-order valence-corrected chi connectivity index (χ0v) is 19.9. The summed E-state index contributed by atoms with van der Waals surface area (Å²) in [6.07, 6.45) is 0. The molecule has 0 aliphatic carbocycles. The van der Waals surface area contributed by atoms with E-state index in [0.29, 0.717) is 22.6 Å². The van der Waals surface area contributed by atoms with Crippen LogP contribution < -0.4 is 15.5 Å². The summed E-state index contributed by atoms with van der Waals surface area (Å²) >= 11 is 0. The summed E-state index contributed by atoms with van der Waals surface area (Å²) in [6.45, 7) is 0. The van der Waals surface area contributed by atoms with Gasteiger partial charge in [-0.05, 0) is 66.7 Å². The smallest absolute Gasteiger partial charge is 0.255 e. The average Bonchev–Trinajstić information content (AvgIpc) is 3.33. The van der Waals surface area contributed by atoms with Crippen molar-refractivity contribution in [2.24, 2.45) is 0 Å². The summed E-state index contributed by atoms with van der Waals surface area (Å²) in [4.78, 5) is 35.1. The standard InChI is InChI=1S/C29H25N5O2/c1-34(2)24-15-12-22(13-16-24)30-29(36)21-10-8-19(9-11-21)27-32-25-17-14-23(18-26(25)33-27)31-28(35)20-6-4-3-5-7-20/h3-18H,1-2H3,(H,30,36)(H,31,35)(H,32,33). The van der Waals surface area contributed by atoms with Crippen LogP contribution in [0.25, 0.3) is 22.4 Å². The average molecular weight is 476 g/mol. The Morgan fingerprint density at radius 3 is 2.00 bits per heavy atom. The molecule has 0 atom stereocenters. The number of hydrogen-bond donors (Lipinski definition) is 3. The number of benzene rings is 4. The van der Waals surface area contributed by atoms with Gasteiger partial charge in [-0.2, -0.15) is 0 Å². The van der Waals surface area contributed by atoms with Crippen molar-refractivity contribution >= 4 is 39.9 Å². The second-order valence-electron chi connectivity index (χ2n) is 8.61. The van der Waals surface area contributed by atoms with Crippen LogP contribution in [-0.2, 0) is 0 Å². The third-order valence-electron chi connectivity index (χ3n) is 5.84. The number of carbonyl (C=O) groups excluding carboxylic acids is 2. The predicted molar refractivity (Wildman–Crippen MR) is 145 cm³/mol. The molecule has 0 saturated carbocycles. The molecular weight excluding hydrogens is 450 g/mol. The number of amides is 2. The van der Waals surface area contributed by atoms with E-state index in [-0.39, 0.29) is 11.8 Å². The quantitative estimate of drug-likeness (QED) is 0.289. The van der Waals surface area contributed by atoms with Gasteiger partial charge in [-0.15, -0.1) is 0 Å². The molecule has 2 amide bonds. The number of aromatic amines is 1. The molecule has 0 aliphatic heterocycles. The Bertz CT molecular complexity index is 1520. The van der Waals surface area contributed by atoms with Crippen molar-refractivity contribution in [1.29, 1.82) is 0 Å². The Morgan fingerprint density at radius 2 is 1.33 bits per heavy atom. The molecular formula is C29H25N5O2. The minimum absolute atomic E-state index is 0.173. The van der Waals surface area contributed by atoms with Crippen LogP contribution in [0.5, 0.6) is 0 Å². The van der Waals surface area contributed by atoms with Gasteiger partial charge >= 0.3 is 0 Å². The van der Waals surface area contributed by atoms with E-state index < -0.39 is 0 Å². The van der Waals surface area contributed by atoms with Crippen molar-refractivity contribution in [3.05, 3.63) is 108 Å². The van der Waals surface area contributed by atoms with E-state index in [9.17, 15) is 9.59 Å². The van der Waals surface area contributed by atoms with Gasteiger partial charge in [0.15, 0.2) is 0 Å². The largest absolute Gasteiger partial charge is 0.378 e. The second-order valence-corrected chi connectivity index (χ2v) is 8.61. The maximum atomic E-state index is 12.7. The first kappa shape index (κ1) is 22.9. The van der Waals surface area contributed by atoms with Gasteiger partial charge in [0.1, 0.15) is 5.82 Å². The SMILES string of the molecule is CN(C)c1ccc(NC(=O)c2ccc(-c3nc4cc(NC(=O)c5ccccc5)ccc4[nH]3)cc2)cc1. The number of rotatable bonds is 6. The molecule has 7 nitrogen and oxygen atoms in total. The lowest BCUT2D eigenvalue weighted by Crippen LogP contribution is -2.12. The first-order valence-corrected chi connectivity index (χ1v) is 11.5. The molecule has 1 aromatic heterocycles. The summed E-state index contributed by atoms with van der Waals surface area (Å²) in [6, 6.07) is 29.6. The van der Waals surface area contributed by atoms with E-state index >= 15 is 0 Å². The van der Waals surface area contributed by atoms with Crippen LogP contribution in [0.4, 0.5) is 17.1 Å². The molecule has 178 valence electrons. The number of nitrogens with zero attached hydrogens (tertiary/aromatic N) is 2. The summed E-state index contributed by atoms with van der Waals surface area (Å²) < 4.78 is 0. The molecule has 0 spiro atoms. The number of hydrogen-bond acceptors (Lipinski definition) is 4. The first-order chi connectivity index (χ1) is 17.5. The molecule has 4 aromatic carbocycles. The number of H-pyrrole nitrogens is 1. The summed E-state index contributed by atoms with van der Waals surface area (Å²) in [7, 11) is 3.94. The molecule has 5 aromatic rings. The van der Waals surface area contributed by atoms with Crippen LogP contribution in [0.3, 0.4) is 0 Å². The highest BCUT2D eigenvalue weighted by molar-refractivity contribution is 6.05. The normalized spacial score (nSPS) is 10.7. The Labute approximate surface area is 208 Å². The van der Waals surface area contributed by atoms with Crippen LogP contribution >= 0.6 is 0 Å². The fourth-order valence-electron chi connectivity index (χ4n) is 3.84. The van der Waals surface area contributed by atoms with Crippen molar-refractivity contribution in [2.45, 2.75) is 0 Å². The monoisotopic (exact) mass is 475 g/mol. The molecule has 1 heterocycles. The highest BCUT2D eigenvalue weighted by Gasteiger charge is 2.11. The van der Waals surface area contributed by atoms with Crippen molar-refractivity contribution in [3.63, 3.8) is 0 Å².